The molecule has 0 saturated carbocycles. The van der Waals surface area contributed by atoms with Crippen molar-refractivity contribution in [2.75, 3.05) is 26.4 Å². The van der Waals surface area contributed by atoms with Gasteiger partial charge in [-0.05, 0) is 38.5 Å². The largest absolute Gasteiger partial charge is 0.394 e. The Labute approximate surface area is 461 Å². The smallest absolute Gasteiger partial charge is 0.220 e. The van der Waals surface area contributed by atoms with E-state index in [0.717, 1.165) is 64.2 Å². The van der Waals surface area contributed by atoms with E-state index in [9.17, 15) is 61.0 Å². The number of rotatable bonds is 45. The summed E-state index contributed by atoms with van der Waals surface area (Å²) in [6.07, 6.45) is 14.4. The monoisotopic (exact) mass is 1110 g/mol. The van der Waals surface area contributed by atoms with Crippen LogP contribution < -0.4 is 5.32 Å². The van der Waals surface area contributed by atoms with Gasteiger partial charge in [0.25, 0.3) is 0 Å². The molecule has 77 heavy (non-hydrogen) atoms. The first-order valence-corrected chi connectivity index (χ1v) is 30.4. The highest BCUT2D eigenvalue weighted by Crippen LogP contribution is 2.33. The number of aliphatic hydroxyl groups excluding tert-OH is 11. The van der Waals surface area contributed by atoms with Crippen molar-refractivity contribution >= 4 is 5.91 Å². The van der Waals surface area contributed by atoms with Gasteiger partial charge in [0.05, 0.1) is 38.6 Å². The minimum atomic E-state index is -1.97. The normalized spacial score (nSPS) is 30.7. The molecule has 0 aromatic heterocycles. The molecule has 17 atom stereocenters. The van der Waals surface area contributed by atoms with E-state index in [1.54, 1.807) is 0 Å². The third kappa shape index (κ3) is 26.5. The molecule has 3 fully saturated rings. The Kier molecular flexibility index (Phi) is 38.4. The lowest BCUT2D eigenvalue weighted by atomic mass is 9.96. The molecule has 454 valence electrons. The van der Waals surface area contributed by atoms with Crippen molar-refractivity contribution in [2.24, 2.45) is 0 Å². The van der Waals surface area contributed by atoms with Crippen LogP contribution in [0.25, 0.3) is 0 Å². The summed E-state index contributed by atoms with van der Waals surface area (Å²) >= 11 is 0. The average molecular weight is 1110 g/mol. The van der Waals surface area contributed by atoms with Gasteiger partial charge in [-0.15, -0.1) is 0 Å². The topological polar surface area (TPSA) is 307 Å². The van der Waals surface area contributed by atoms with Crippen LogP contribution in [0, 0.1) is 0 Å². The van der Waals surface area contributed by atoms with Crippen LogP contribution in [0.3, 0.4) is 0 Å². The van der Waals surface area contributed by atoms with E-state index in [2.05, 4.69) is 31.3 Å². The summed E-state index contributed by atoms with van der Waals surface area (Å²) in [4.78, 5) is 13.3. The second kappa shape index (κ2) is 42.4. The molecule has 3 saturated heterocycles. The predicted octanol–water partition coefficient (Wildman–Crippen LogP) is 5.38. The summed E-state index contributed by atoms with van der Waals surface area (Å²) in [6.45, 7) is 1.77. The fourth-order valence-corrected chi connectivity index (χ4v) is 10.5. The molecule has 3 rings (SSSR count). The molecule has 3 aliphatic heterocycles. The number of hydrogen-bond acceptors (Lipinski definition) is 18. The maximum absolute atomic E-state index is 13.3. The molecule has 12 N–H and O–H groups in total. The Hall–Kier alpha value is -1.47. The maximum atomic E-state index is 13.3. The molecule has 0 aliphatic carbocycles. The number of carbonyl (C=O) groups is 1. The van der Waals surface area contributed by atoms with Crippen LogP contribution in [-0.2, 0) is 33.2 Å². The van der Waals surface area contributed by atoms with E-state index in [4.69, 9.17) is 28.4 Å². The SMILES string of the molecule is CCCCCC/C=C\CCCCCCCC(=O)NC(COC1OC(CO)C(OC2OC(CO)C(OC3OC(CO)C(O)C(O)C3O)C(O)C2O)C(O)C1O)C(O)CCCCCCCCCCCCCCCCCCCCC. The van der Waals surface area contributed by atoms with Crippen molar-refractivity contribution in [1.82, 2.24) is 5.32 Å². The minimum absolute atomic E-state index is 0.251. The number of unbranched alkanes of at least 4 members (excludes halogenated alkanes) is 27. The first-order valence-electron chi connectivity index (χ1n) is 30.4. The lowest BCUT2D eigenvalue weighted by Crippen LogP contribution is -2.66. The molecule has 3 heterocycles. The molecule has 19 heteroatoms. The molecular weight excluding hydrogens is 999 g/mol. The van der Waals surface area contributed by atoms with Gasteiger partial charge < -0.3 is 89.9 Å². The summed E-state index contributed by atoms with van der Waals surface area (Å²) in [5, 5.41) is 120. The van der Waals surface area contributed by atoms with Crippen LogP contribution in [0.15, 0.2) is 12.2 Å². The van der Waals surface area contributed by atoms with Gasteiger partial charge in [0.2, 0.25) is 5.91 Å². The number of ether oxygens (including phenoxy) is 6. The van der Waals surface area contributed by atoms with Crippen LogP contribution in [-0.4, -0.2) is 193 Å². The van der Waals surface area contributed by atoms with E-state index in [1.165, 1.54) is 122 Å². The van der Waals surface area contributed by atoms with Gasteiger partial charge >= 0.3 is 0 Å². The average Bonchev–Trinajstić information content (AvgIpc) is 3.43. The fraction of sp³-hybridized carbons (Fsp3) is 0.948. The van der Waals surface area contributed by atoms with E-state index in [-0.39, 0.29) is 18.9 Å². The number of carbonyl (C=O) groups excluding carboxylic acids is 1. The van der Waals surface area contributed by atoms with Gasteiger partial charge in [0, 0.05) is 6.42 Å². The van der Waals surface area contributed by atoms with Crippen molar-refractivity contribution in [2.45, 2.75) is 324 Å². The van der Waals surface area contributed by atoms with Crippen molar-refractivity contribution in [3.63, 3.8) is 0 Å². The fourth-order valence-electron chi connectivity index (χ4n) is 10.5. The van der Waals surface area contributed by atoms with E-state index in [1.807, 2.05) is 0 Å². The van der Waals surface area contributed by atoms with Gasteiger partial charge in [0.1, 0.15) is 73.2 Å². The van der Waals surface area contributed by atoms with Crippen molar-refractivity contribution in [3.8, 4) is 0 Å². The van der Waals surface area contributed by atoms with Crippen LogP contribution in [0.5, 0.6) is 0 Å². The summed E-state index contributed by atoms with van der Waals surface area (Å²) in [6, 6.07) is -0.887. The van der Waals surface area contributed by atoms with Gasteiger partial charge in [-0.25, -0.2) is 0 Å². The highest BCUT2D eigenvalue weighted by atomic mass is 16.8. The summed E-state index contributed by atoms with van der Waals surface area (Å²) in [5.41, 5.74) is 0. The minimum Gasteiger partial charge on any atom is -0.394 e. The van der Waals surface area contributed by atoms with Gasteiger partial charge in [-0.1, -0.05) is 187 Å². The Morgan fingerprint density at radius 2 is 0.818 bits per heavy atom. The zero-order valence-corrected chi connectivity index (χ0v) is 47.2. The maximum Gasteiger partial charge on any atom is 0.220 e. The molecule has 0 aromatic carbocycles. The molecule has 0 spiro atoms. The molecular formula is C58H109NO18. The van der Waals surface area contributed by atoms with Crippen LogP contribution in [0.4, 0.5) is 0 Å². The molecule has 1 amide bonds. The lowest BCUT2D eigenvalue weighted by molar-refractivity contribution is -0.379. The zero-order chi connectivity index (χ0) is 56.2. The zero-order valence-electron chi connectivity index (χ0n) is 47.2. The Balaban J connectivity index is 1.49. The van der Waals surface area contributed by atoms with Crippen molar-refractivity contribution in [1.29, 1.82) is 0 Å². The van der Waals surface area contributed by atoms with Crippen LogP contribution in [0.2, 0.25) is 0 Å². The van der Waals surface area contributed by atoms with E-state index < -0.39 is 124 Å². The summed E-state index contributed by atoms with van der Waals surface area (Å²) in [5.74, 6) is -0.251. The molecule has 3 aliphatic rings. The van der Waals surface area contributed by atoms with Crippen LogP contribution in [0.1, 0.15) is 219 Å². The first-order chi connectivity index (χ1) is 37.3. The molecule has 17 unspecified atom stereocenters. The van der Waals surface area contributed by atoms with Crippen LogP contribution >= 0.6 is 0 Å². The number of aliphatic hydroxyl groups is 11. The summed E-state index contributed by atoms with van der Waals surface area (Å²) < 4.78 is 34.3. The Morgan fingerprint density at radius 3 is 1.27 bits per heavy atom. The number of hydrogen-bond donors (Lipinski definition) is 12. The third-order valence-electron chi connectivity index (χ3n) is 15.6. The molecule has 0 bridgehead atoms. The highest BCUT2D eigenvalue weighted by molar-refractivity contribution is 5.76. The van der Waals surface area contributed by atoms with E-state index >= 15 is 0 Å². The van der Waals surface area contributed by atoms with Crippen molar-refractivity contribution < 1.29 is 89.4 Å². The highest BCUT2D eigenvalue weighted by Gasteiger charge is 2.53. The van der Waals surface area contributed by atoms with Gasteiger partial charge in [0.15, 0.2) is 18.9 Å². The lowest BCUT2D eigenvalue weighted by Gasteiger charge is -2.48. The number of allylic oxidation sites excluding steroid dienone is 2. The second-order valence-corrected chi connectivity index (χ2v) is 22.2. The molecule has 0 radical (unpaired) electrons. The standard InChI is InChI=1S/C58H109NO18/c1-3-5-7-9-11-13-15-17-18-19-20-21-22-24-25-27-29-31-33-35-42(63)41(59-46(64)36-34-32-30-28-26-23-16-14-12-10-8-6-4-2)40-72-56-52(70)49(67)54(44(38-61)74-56)77-58-53(71)50(68)55(45(39-62)75-58)76-57-51(69)48(66)47(65)43(37-60)73-57/h14,16,41-45,47-58,60-63,65-71H,3-13,15,17-40H2,1-2H3,(H,59,64)/b16-14-. The van der Waals surface area contributed by atoms with Gasteiger partial charge in [-0.2, -0.15) is 0 Å². The number of nitrogens with one attached hydrogen (secondary N) is 1. The third-order valence-corrected chi connectivity index (χ3v) is 15.6. The first kappa shape index (κ1) is 69.8. The Morgan fingerprint density at radius 1 is 0.455 bits per heavy atom. The van der Waals surface area contributed by atoms with Gasteiger partial charge in [-0.3, -0.25) is 4.79 Å². The van der Waals surface area contributed by atoms with Crippen molar-refractivity contribution in [3.05, 3.63) is 12.2 Å². The predicted molar refractivity (Wildman–Crippen MR) is 291 cm³/mol. The summed E-state index contributed by atoms with van der Waals surface area (Å²) in [7, 11) is 0. The Bertz CT molecular complexity index is 1460. The van der Waals surface area contributed by atoms with E-state index in [0.29, 0.717) is 12.8 Å². The quantitative estimate of drug-likeness (QED) is 0.0269. The molecule has 0 aromatic rings. The number of amides is 1. The second-order valence-electron chi connectivity index (χ2n) is 22.2. The molecule has 19 nitrogen and oxygen atoms in total.